The number of anilines is 1. The van der Waals surface area contributed by atoms with Crippen molar-refractivity contribution >= 4 is 11.7 Å². The van der Waals surface area contributed by atoms with Crippen LogP contribution < -0.4 is 9.64 Å². The topological polar surface area (TPSA) is 48.9 Å². The summed E-state index contributed by atoms with van der Waals surface area (Å²) in [6, 6.07) is 13.8. The molecule has 4 rings (SSSR count). The molecule has 0 spiro atoms. The molecule has 0 radical (unpaired) electrons. The van der Waals surface area contributed by atoms with E-state index in [4.69, 9.17) is 4.74 Å². The zero-order valence-corrected chi connectivity index (χ0v) is 20.0. The van der Waals surface area contributed by atoms with Crippen molar-refractivity contribution in [2.75, 3.05) is 57.3 Å². The molecule has 0 N–H and O–H groups in total. The van der Waals surface area contributed by atoms with E-state index in [0.717, 1.165) is 82.4 Å². The Labute approximate surface area is 198 Å². The van der Waals surface area contributed by atoms with Gasteiger partial charge >= 0.3 is 0 Å². The van der Waals surface area contributed by atoms with Gasteiger partial charge in [0.2, 0.25) is 0 Å². The summed E-state index contributed by atoms with van der Waals surface area (Å²) in [5, 5.41) is 0. The standard InChI is InChI=1S/C27H38N4O2/c1-2-3-6-20-33-25-12-10-24(11-13-25)27(32)31-15-7-8-23(22-31)21-29-16-18-30(19-17-29)26-9-4-5-14-28-26/h4-5,9-14,23H,2-3,6-8,15-22H2,1H3. The molecule has 1 aromatic carbocycles. The normalized spacial score (nSPS) is 19.5. The second-order valence-electron chi connectivity index (χ2n) is 9.31. The third kappa shape index (κ3) is 6.70. The first kappa shape index (κ1) is 23.6. The van der Waals surface area contributed by atoms with Crippen LogP contribution in [0.25, 0.3) is 0 Å². The Hall–Kier alpha value is -2.60. The van der Waals surface area contributed by atoms with Gasteiger partial charge in [-0.25, -0.2) is 4.98 Å². The van der Waals surface area contributed by atoms with Gasteiger partial charge in [-0.15, -0.1) is 0 Å². The van der Waals surface area contributed by atoms with Gasteiger partial charge in [-0.05, 0) is 61.6 Å². The quantitative estimate of drug-likeness (QED) is 0.533. The molecule has 2 aliphatic rings. The van der Waals surface area contributed by atoms with E-state index >= 15 is 0 Å². The molecular weight excluding hydrogens is 412 g/mol. The van der Waals surface area contributed by atoms with Gasteiger partial charge in [0.15, 0.2) is 0 Å². The van der Waals surface area contributed by atoms with Crippen LogP contribution in [0.15, 0.2) is 48.7 Å². The number of piperidine rings is 1. The van der Waals surface area contributed by atoms with E-state index in [-0.39, 0.29) is 5.91 Å². The molecule has 178 valence electrons. The van der Waals surface area contributed by atoms with Gasteiger partial charge in [0, 0.05) is 57.6 Å². The zero-order chi connectivity index (χ0) is 22.9. The summed E-state index contributed by atoms with van der Waals surface area (Å²) in [6.07, 6.45) is 7.60. The highest BCUT2D eigenvalue weighted by Gasteiger charge is 2.27. The minimum absolute atomic E-state index is 0.150. The highest BCUT2D eigenvalue weighted by atomic mass is 16.5. The number of benzene rings is 1. The summed E-state index contributed by atoms with van der Waals surface area (Å²) in [7, 11) is 0. The Morgan fingerprint density at radius 3 is 2.58 bits per heavy atom. The Morgan fingerprint density at radius 2 is 1.85 bits per heavy atom. The SMILES string of the molecule is CCCCCOc1ccc(C(=O)N2CCCC(CN3CCN(c4ccccn4)CC3)C2)cc1. The van der Waals surface area contributed by atoms with Crippen molar-refractivity contribution in [2.24, 2.45) is 5.92 Å². The number of ether oxygens (including phenoxy) is 1. The number of hydrogen-bond donors (Lipinski definition) is 0. The number of aromatic nitrogens is 1. The van der Waals surface area contributed by atoms with E-state index in [1.54, 1.807) is 0 Å². The van der Waals surface area contributed by atoms with Gasteiger partial charge < -0.3 is 14.5 Å². The Kier molecular flexibility index (Phi) is 8.59. The maximum atomic E-state index is 13.1. The minimum atomic E-state index is 0.150. The molecular formula is C27H38N4O2. The van der Waals surface area contributed by atoms with E-state index in [1.165, 1.54) is 19.3 Å². The number of pyridine rings is 1. The number of carbonyl (C=O) groups is 1. The van der Waals surface area contributed by atoms with E-state index in [0.29, 0.717) is 5.92 Å². The number of nitrogens with zero attached hydrogens (tertiary/aromatic N) is 4. The summed E-state index contributed by atoms with van der Waals surface area (Å²) in [5.41, 5.74) is 0.764. The molecule has 6 heteroatoms. The van der Waals surface area contributed by atoms with Crippen LogP contribution in [0.1, 0.15) is 49.4 Å². The van der Waals surface area contributed by atoms with Crippen LogP contribution in [-0.4, -0.2) is 73.1 Å². The van der Waals surface area contributed by atoms with Gasteiger partial charge in [-0.2, -0.15) is 0 Å². The van der Waals surface area contributed by atoms with Crippen LogP contribution in [0, 0.1) is 5.92 Å². The Morgan fingerprint density at radius 1 is 1.03 bits per heavy atom. The lowest BCUT2D eigenvalue weighted by molar-refractivity contribution is 0.0637. The minimum Gasteiger partial charge on any atom is -0.494 e. The van der Waals surface area contributed by atoms with Gasteiger partial charge in [0.25, 0.3) is 5.91 Å². The molecule has 2 aliphatic heterocycles. The van der Waals surface area contributed by atoms with Gasteiger partial charge in [0.1, 0.15) is 11.6 Å². The summed E-state index contributed by atoms with van der Waals surface area (Å²) in [5.74, 6) is 2.62. The van der Waals surface area contributed by atoms with Gasteiger partial charge in [-0.3, -0.25) is 9.69 Å². The second kappa shape index (κ2) is 12.0. The lowest BCUT2D eigenvalue weighted by Gasteiger charge is -2.39. The highest BCUT2D eigenvalue weighted by molar-refractivity contribution is 5.94. The summed E-state index contributed by atoms with van der Waals surface area (Å²) in [4.78, 5) is 24.6. The van der Waals surface area contributed by atoms with Crippen LogP contribution in [0.5, 0.6) is 5.75 Å². The van der Waals surface area contributed by atoms with Crippen molar-refractivity contribution in [3.8, 4) is 5.75 Å². The average Bonchev–Trinajstić information content (AvgIpc) is 2.88. The maximum absolute atomic E-state index is 13.1. The van der Waals surface area contributed by atoms with Crippen LogP contribution in [-0.2, 0) is 0 Å². The number of unbranched alkanes of at least 4 members (excludes halogenated alkanes) is 2. The smallest absolute Gasteiger partial charge is 0.253 e. The molecule has 2 saturated heterocycles. The fourth-order valence-corrected chi connectivity index (χ4v) is 4.88. The van der Waals surface area contributed by atoms with Crippen molar-refractivity contribution in [1.82, 2.24) is 14.8 Å². The molecule has 3 heterocycles. The predicted molar refractivity (Wildman–Crippen MR) is 133 cm³/mol. The first-order chi connectivity index (χ1) is 16.2. The van der Waals surface area contributed by atoms with Gasteiger partial charge in [0.05, 0.1) is 6.61 Å². The van der Waals surface area contributed by atoms with Crippen molar-refractivity contribution in [3.05, 3.63) is 54.2 Å². The number of rotatable bonds is 9. The van der Waals surface area contributed by atoms with Crippen LogP contribution >= 0.6 is 0 Å². The second-order valence-corrected chi connectivity index (χ2v) is 9.31. The van der Waals surface area contributed by atoms with Crippen molar-refractivity contribution in [2.45, 2.75) is 39.0 Å². The van der Waals surface area contributed by atoms with E-state index in [2.05, 4.69) is 38.7 Å². The average molecular weight is 451 g/mol. The van der Waals surface area contributed by atoms with Gasteiger partial charge in [-0.1, -0.05) is 25.8 Å². The molecule has 2 fully saturated rings. The Balaban J connectivity index is 1.23. The molecule has 1 unspecified atom stereocenters. The molecule has 1 aromatic heterocycles. The van der Waals surface area contributed by atoms with E-state index < -0.39 is 0 Å². The predicted octanol–water partition coefficient (Wildman–Crippen LogP) is 4.33. The number of hydrogen-bond acceptors (Lipinski definition) is 5. The first-order valence-corrected chi connectivity index (χ1v) is 12.6. The monoisotopic (exact) mass is 450 g/mol. The lowest BCUT2D eigenvalue weighted by Crippen LogP contribution is -2.50. The molecule has 6 nitrogen and oxygen atoms in total. The molecule has 1 atom stereocenters. The number of likely N-dealkylation sites (tertiary alicyclic amines) is 1. The molecule has 0 aliphatic carbocycles. The largest absolute Gasteiger partial charge is 0.494 e. The van der Waals surface area contributed by atoms with Crippen LogP contribution in [0.4, 0.5) is 5.82 Å². The first-order valence-electron chi connectivity index (χ1n) is 12.6. The molecule has 1 amide bonds. The van der Waals surface area contributed by atoms with Crippen molar-refractivity contribution in [1.29, 1.82) is 0 Å². The van der Waals surface area contributed by atoms with E-state index in [1.807, 2.05) is 36.5 Å². The number of piperazine rings is 1. The third-order valence-corrected chi connectivity index (χ3v) is 6.79. The lowest BCUT2D eigenvalue weighted by atomic mass is 9.96. The summed E-state index contributed by atoms with van der Waals surface area (Å²) >= 11 is 0. The van der Waals surface area contributed by atoms with Crippen LogP contribution in [0.2, 0.25) is 0 Å². The number of amides is 1. The maximum Gasteiger partial charge on any atom is 0.253 e. The van der Waals surface area contributed by atoms with Crippen molar-refractivity contribution in [3.63, 3.8) is 0 Å². The third-order valence-electron chi connectivity index (χ3n) is 6.79. The molecule has 0 saturated carbocycles. The zero-order valence-electron chi connectivity index (χ0n) is 20.0. The Bertz CT molecular complexity index is 850. The molecule has 33 heavy (non-hydrogen) atoms. The molecule has 2 aromatic rings. The fraction of sp³-hybridized carbons (Fsp3) is 0.556. The fourth-order valence-electron chi connectivity index (χ4n) is 4.88. The van der Waals surface area contributed by atoms with E-state index in [9.17, 15) is 4.79 Å². The highest BCUT2D eigenvalue weighted by Crippen LogP contribution is 2.22. The van der Waals surface area contributed by atoms with Crippen LogP contribution in [0.3, 0.4) is 0 Å². The summed E-state index contributed by atoms with van der Waals surface area (Å²) in [6.45, 7) is 9.86. The van der Waals surface area contributed by atoms with Crippen molar-refractivity contribution < 1.29 is 9.53 Å². The number of carbonyl (C=O) groups excluding carboxylic acids is 1. The summed E-state index contributed by atoms with van der Waals surface area (Å²) < 4.78 is 5.79. The molecule has 0 bridgehead atoms.